The molecule has 8 nitrogen and oxygen atoms in total. The van der Waals surface area contributed by atoms with E-state index in [0.717, 1.165) is 5.56 Å². The van der Waals surface area contributed by atoms with Crippen molar-refractivity contribution in [1.82, 2.24) is 24.8 Å². The molecule has 2 aromatic heterocycles. The summed E-state index contributed by atoms with van der Waals surface area (Å²) in [6, 6.07) is 1.42. The summed E-state index contributed by atoms with van der Waals surface area (Å²) < 4.78 is 6.33. The van der Waals surface area contributed by atoms with E-state index in [9.17, 15) is 9.90 Å². The van der Waals surface area contributed by atoms with Gasteiger partial charge >= 0.3 is 0 Å². The zero-order valence-electron chi connectivity index (χ0n) is 20.0. The van der Waals surface area contributed by atoms with Crippen LogP contribution in [0, 0.1) is 23.7 Å². The molecular formula is C25H33N5O3. The molecule has 1 amide bonds. The van der Waals surface area contributed by atoms with Gasteiger partial charge in [-0.3, -0.25) is 9.69 Å². The molecule has 0 saturated carbocycles. The second-order valence-corrected chi connectivity index (χ2v) is 9.07. The molecule has 3 atom stereocenters. The summed E-state index contributed by atoms with van der Waals surface area (Å²) in [5, 5.41) is 9.79. The summed E-state index contributed by atoms with van der Waals surface area (Å²) >= 11 is 0. The standard InChI is InChI=1S/C25H33N5O3/c1-17(2)6-7-20-8-22-24(28-11-20)33-23(14-29(5)13-21-9-26-16-27-10-21)18(3)12-30(25(22)32)19(4)15-31/h8-11,16-19,23,31H,12-15H2,1-5H3/t18-,19-,23-/m0/s1. The minimum atomic E-state index is -0.323. The normalized spacial score (nSPS) is 19.3. The molecular weight excluding hydrogens is 418 g/mol. The third-order valence-corrected chi connectivity index (χ3v) is 5.58. The predicted octanol–water partition coefficient (Wildman–Crippen LogP) is 2.23. The molecule has 2 aromatic rings. The number of nitrogens with zero attached hydrogens (tertiary/aromatic N) is 5. The van der Waals surface area contributed by atoms with E-state index in [1.54, 1.807) is 29.6 Å². The van der Waals surface area contributed by atoms with Crippen LogP contribution in [0.1, 0.15) is 49.2 Å². The van der Waals surface area contributed by atoms with Gasteiger partial charge in [0.1, 0.15) is 18.0 Å². The summed E-state index contributed by atoms with van der Waals surface area (Å²) in [7, 11) is 2.01. The Morgan fingerprint density at radius 3 is 2.67 bits per heavy atom. The molecule has 0 fully saturated rings. The van der Waals surface area contributed by atoms with Crippen molar-refractivity contribution in [2.45, 2.75) is 46.4 Å². The lowest BCUT2D eigenvalue weighted by molar-refractivity contribution is 0.0325. The maximum absolute atomic E-state index is 13.4. The van der Waals surface area contributed by atoms with Gasteiger partial charge in [-0.2, -0.15) is 0 Å². The van der Waals surface area contributed by atoms with Gasteiger partial charge in [0, 0.05) is 61.2 Å². The second-order valence-electron chi connectivity index (χ2n) is 9.07. The van der Waals surface area contributed by atoms with E-state index in [2.05, 4.69) is 38.6 Å². The zero-order chi connectivity index (χ0) is 24.0. The van der Waals surface area contributed by atoms with Gasteiger partial charge in [0.25, 0.3) is 5.91 Å². The number of fused-ring (bicyclic) bond motifs is 1. The maximum atomic E-state index is 13.4. The smallest absolute Gasteiger partial charge is 0.259 e. The highest BCUT2D eigenvalue weighted by atomic mass is 16.5. The lowest BCUT2D eigenvalue weighted by Crippen LogP contribution is -2.49. The van der Waals surface area contributed by atoms with Crippen molar-refractivity contribution in [2.75, 3.05) is 26.7 Å². The fourth-order valence-electron chi connectivity index (χ4n) is 3.71. The maximum Gasteiger partial charge on any atom is 0.259 e. The van der Waals surface area contributed by atoms with Gasteiger partial charge in [-0.05, 0) is 20.0 Å². The number of aliphatic hydroxyl groups excluding tert-OH is 1. The number of ether oxygens (including phenoxy) is 1. The van der Waals surface area contributed by atoms with Crippen molar-refractivity contribution in [3.63, 3.8) is 0 Å². The number of aromatic nitrogens is 3. The SMILES string of the molecule is CC(C)C#Cc1cnc2c(c1)C(=O)N([C@@H](C)CO)C[C@H](C)[C@H](CN(C)Cc1cncnc1)O2. The molecule has 3 rings (SSSR count). The number of hydrogen-bond acceptors (Lipinski definition) is 7. The van der Waals surface area contributed by atoms with E-state index >= 15 is 0 Å². The number of likely N-dealkylation sites (N-methyl/N-ethyl adjacent to an activating group) is 1. The minimum absolute atomic E-state index is 0.0211. The van der Waals surface area contributed by atoms with Crippen molar-refractivity contribution < 1.29 is 14.6 Å². The Balaban J connectivity index is 1.91. The molecule has 1 aliphatic rings. The molecule has 0 aliphatic carbocycles. The molecule has 0 spiro atoms. The highest BCUT2D eigenvalue weighted by Gasteiger charge is 2.34. The first-order valence-corrected chi connectivity index (χ1v) is 11.3. The summed E-state index contributed by atoms with van der Waals surface area (Å²) in [4.78, 5) is 29.9. The molecule has 3 heterocycles. The molecule has 8 heteroatoms. The molecule has 0 saturated heterocycles. The van der Waals surface area contributed by atoms with Crippen LogP contribution < -0.4 is 4.74 Å². The van der Waals surface area contributed by atoms with Gasteiger partial charge in [-0.25, -0.2) is 15.0 Å². The molecule has 0 bridgehead atoms. The van der Waals surface area contributed by atoms with Crippen molar-refractivity contribution in [3.05, 3.63) is 47.7 Å². The molecule has 1 N–H and O–H groups in total. The number of hydrogen-bond donors (Lipinski definition) is 1. The number of rotatable bonds is 6. The van der Waals surface area contributed by atoms with E-state index in [4.69, 9.17) is 4.74 Å². The third-order valence-electron chi connectivity index (χ3n) is 5.58. The fraction of sp³-hybridized carbons (Fsp3) is 0.520. The summed E-state index contributed by atoms with van der Waals surface area (Å²) in [6.45, 7) is 9.58. The second kappa shape index (κ2) is 11.2. The minimum Gasteiger partial charge on any atom is -0.472 e. The molecule has 1 aliphatic heterocycles. The molecule has 0 aromatic carbocycles. The predicted molar refractivity (Wildman–Crippen MR) is 125 cm³/mol. The van der Waals surface area contributed by atoms with Gasteiger partial charge in [-0.1, -0.05) is 32.6 Å². The Kier molecular flexibility index (Phi) is 8.37. The number of aliphatic hydroxyl groups is 1. The van der Waals surface area contributed by atoms with Gasteiger partial charge in [0.05, 0.1) is 12.6 Å². The average molecular weight is 452 g/mol. The third kappa shape index (κ3) is 6.50. The molecule has 33 heavy (non-hydrogen) atoms. The largest absolute Gasteiger partial charge is 0.472 e. The van der Waals surface area contributed by atoms with Gasteiger partial charge in [-0.15, -0.1) is 0 Å². The first-order valence-electron chi connectivity index (χ1n) is 11.3. The van der Waals surface area contributed by atoms with Crippen molar-refractivity contribution in [3.8, 4) is 17.7 Å². The van der Waals surface area contributed by atoms with E-state index < -0.39 is 0 Å². The van der Waals surface area contributed by atoms with Gasteiger partial charge in [0.15, 0.2) is 0 Å². The van der Waals surface area contributed by atoms with Crippen LogP contribution in [0.2, 0.25) is 0 Å². The van der Waals surface area contributed by atoms with Crippen molar-refractivity contribution in [2.24, 2.45) is 11.8 Å². The van der Waals surface area contributed by atoms with Crippen LogP contribution >= 0.6 is 0 Å². The number of pyridine rings is 1. The van der Waals surface area contributed by atoms with Crippen LogP contribution in [0.3, 0.4) is 0 Å². The van der Waals surface area contributed by atoms with E-state index in [0.29, 0.717) is 36.6 Å². The van der Waals surface area contributed by atoms with Gasteiger partial charge < -0.3 is 14.7 Å². The van der Waals surface area contributed by atoms with E-state index in [1.807, 2.05) is 27.8 Å². The first-order chi connectivity index (χ1) is 15.8. The Hall–Kier alpha value is -3.02. The Morgan fingerprint density at radius 1 is 1.27 bits per heavy atom. The number of amides is 1. The Bertz CT molecular complexity index is 1000. The molecule has 0 unspecified atom stereocenters. The average Bonchev–Trinajstić information content (AvgIpc) is 2.80. The van der Waals surface area contributed by atoms with Crippen LogP contribution in [0.4, 0.5) is 0 Å². The Morgan fingerprint density at radius 2 is 2.00 bits per heavy atom. The van der Waals surface area contributed by atoms with E-state index in [1.165, 1.54) is 6.33 Å². The van der Waals surface area contributed by atoms with Crippen LogP contribution in [-0.2, 0) is 6.54 Å². The van der Waals surface area contributed by atoms with Crippen LogP contribution in [0.25, 0.3) is 0 Å². The van der Waals surface area contributed by atoms with Crippen molar-refractivity contribution in [1.29, 1.82) is 0 Å². The fourth-order valence-corrected chi connectivity index (χ4v) is 3.71. The number of carbonyl (C=O) groups is 1. The van der Waals surface area contributed by atoms with Gasteiger partial charge in [0.2, 0.25) is 5.88 Å². The topological polar surface area (TPSA) is 91.7 Å². The lowest BCUT2D eigenvalue weighted by atomic mass is 9.99. The van der Waals surface area contributed by atoms with Crippen LogP contribution in [-0.4, -0.2) is 74.7 Å². The van der Waals surface area contributed by atoms with E-state index in [-0.39, 0.29) is 36.5 Å². The Labute approximate surface area is 196 Å². The van der Waals surface area contributed by atoms with Crippen molar-refractivity contribution >= 4 is 5.91 Å². The van der Waals surface area contributed by atoms with Crippen LogP contribution in [0.15, 0.2) is 31.0 Å². The summed E-state index contributed by atoms with van der Waals surface area (Å²) in [6.07, 6.45) is 6.55. The quantitative estimate of drug-likeness (QED) is 0.674. The van der Waals surface area contributed by atoms with Crippen LogP contribution in [0.5, 0.6) is 5.88 Å². The highest BCUT2D eigenvalue weighted by molar-refractivity contribution is 5.97. The zero-order valence-corrected chi connectivity index (χ0v) is 20.0. The monoisotopic (exact) mass is 451 g/mol. The molecule has 176 valence electrons. The summed E-state index contributed by atoms with van der Waals surface area (Å²) in [5.41, 5.74) is 2.06. The summed E-state index contributed by atoms with van der Waals surface area (Å²) in [5.74, 6) is 6.52. The molecule has 0 radical (unpaired) electrons. The first kappa shape index (κ1) is 24.6. The lowest BCUT2D eigenvalue weighted by Gasteiger charge is -2.37. The highest BCUT2D eigenvalue weighted by Crippen LogP contribution is 2.27. The number of carbonyl (C=O) groups excluding carboxylic acids is 1.